The number of hydrogen-bond acceptors (Lipinski definition) is 7. The summed E-state index contributed by atoms with van der Waals surface area (Å²) in [6, 6.07) is 27.3. The van der Waals surface area contributed by atoms with E-state index in [2.05, 4.69) is 78.0 Å². The van der Waals surface area contributed by atoms with E-state index in [-0.39, 0.29) is 16.3 Å². The molecule has 5 rings (SSSR count). The average molecular weight is 726 g/mol. The molecule has 0 spiro atoms. The van der Waals surface area contributed by atoms with Crippen LogP contribution in [-0.4, -0.2) is 51.3 Å². The highest BCUT2D eigenvalue weighted by Crippen LogP contribution is 2.35. The van der Waals surface area contributed by atoms with Crippen LogP contribution in [0.4, 0.5) is 11.4 Å². The van der Waals surface area contributed by atoms with Gasteiger partial charge in [0.15, 0.2) is 0 Å². The number of benzene rings is 4. The van der Waals surface area contributed by atoms with Crippen molar-refractivity contribution >= 4 is 42.9 Å². The van der Waals surface area contributed by atoms with Gasteiger partial charge in [0.2, 0.25) is 0 Å². The van der Waals surface area contributed by atoms with E-state index in [1.165, 1.54) is 30.0 Å². The van der Waals surface area contributed by atoms with Crippen molar-refractivity contribution in [2.24, 2.45) is 4.99 Å². The monoisotopic (exact) mass is 725 g/mol. The van der Waals surface area contributed by atoms with E-state index in [4.69, 9.17) is 0 Å². The Labute approximate surface area is 301 Å². The van der Waals surface area contributed by atoms with E-state index in [0.717, 1.165) is 57.9 Å². The van der Waals surface area contributed by atoms with Gasteiger partial charge in [0.25, 0.3) is 20.2 Å². The smallest absolute Gasteiger partial charge is 0.294 e. The molecule has 2 N–H and O–H groups in total. The lowest BCUT2D eigenvalue weighted by atomic mass is 9.88. The highest BCUT2D eigenvalue weighted by Gasteiger charge is 2.17. The molecule has 4 aromatic carbocycles. The Morgan fingerprint density at radius 3 is 1.75 bits per heavy atom. The van der Waals surface area contributed by atoms with Crippen LogP contribution in [0.3, 0.4) is 0 Å². The summed E-state index contributed by atoms with van der Waals surface area (Å²) in [5.41, 5.74) is 9.62. The zero-order valence-corrected chi connectivity index (χ0v) is 30.8. The van der Waals surface area contributed by atoms with Crippen molar-refractivity contribution in [2.45, 2.75) is 50.6 Å². The van der Waals surface area contributed by atoms with Crippen molar-refractivity contribution in [1.82, 2.24) is 0 Å². The summed E-state index contributed by atoms with van der Waals surface area (Å²) < 4.78 is 65.5. The summed E-state index contributed by atoms with van der Waals surface area (Å²) in [4.78, 5) is 8.83. The van der Waals surface area contributed by atoms with Crippen LogP contribution in [0.2, 0.25) is 0 Å². The fourth-order valence-electron chi connectivity index (χ4n) is 6.16. The number of aryl methyl sites for hydroxylation is 1. The van der Waals surface area contributed by atoms with Gasteiger partial charge in [-0.2, -0.15) is 16.8 Å². The molecule has 1 aliphatic carbocycles. The molecular formula is C40H43N3O6S2. The van der Waals surface area contributed by atoms with Gasteiger partial charge in [0.1, 0.15) is 0 Å². The average Bonchev–Trinajstić information content (AvgIpc) is 3.11. The largest absolute Gasteiger partial charge is 0.372 e. The van der Waals surface area contributed by atoms with Gasteiger partial charge in [-0.05, 0) is 127 Å². The van der Waals surface area contributed by atoms with Crippen molar-refractivity contribution in [2.75, 3.05) is 29.4 Å². The number of anilines is 2. The molecule has 0 saturated heterocycles. The number of nitrogens with zero attached hydrogens (tertiary/aromatic N) is 3. The van der Waals surface area contributed by atoms with Gasteiger partial charge >= 0.3 is 0 Å². The second-order valence-corrected chi connectivity index (χ2v) is 15.1. The summed E-state index contributed by atoms with van der Waals surface area (Å²) in [6.45, 7) is 11.7. The number of hydrogen-bond donors (Lipinski definition) is 2. The molecular weight excluding hydrogens is 683 g/mol. The van der Waals surface area contributed by atoms with Crippen LogP contribution in [0, 0.1) is 6.92 Å². The number of aliphatic imine (C=N–C) groups is 1. The molecule has 0 aliphatic heterocycles. The Bertz CT molecular complexity index is 2220. The first-order chi connectivity index (χ1) is 24.3. The molecule has 0 atom stereocenters. The lowest BCUT2D eigenvalue weighted by molar-refractivity contribution is 0.481. The fraction of sp³-hybridized carbons (Fsp3) is 0.225. The van der Waals surface area contributed by atoms with Gasteiger partial charge in [-0.3, -0.25) is 14.1 Å². The first kappa shape index (κ1) is 37.4. The summed E-state index contributed by atoms with van der Waals surface area (Å²) in [5, 5.41) is 0. The quantitative estimate of drug-likeness (QED) is 0.133. The Kier molecular flexibility index (Phi) is 11.8. The minimum atomic E-state index is -4.30. The molecule has 0 fully saturated rings. The molecule has 0 bridgehead atoms. The van der Waals surface area contributed by atoms with E-state index < -0.39 is 20.2 Å². The van der Waals surface area contributed by atoms with Crippen LogP contribution in [-0.2, 0) is 33.3 Å². The third-order valence-corrected chi connectivity index (χ3v) is 10.6. The lowest BCUT2D eigenvalue weighted by Crippen LogP contribution is -2.22. The second-order valence-electron chi connectivity index (χ2n) is 12.2. The molecule has 0 saturated carbocycles. The molecule has 266 valence electrons. The molecule has 0 unspecified atom stereocenters. The molecule has 0 aromatic heterocycles. The second kappa shape index (κ2) is 16.0. The van der Waals surface area contributed by atoms with Gasteiger partial charge in [-0.1, -0.05) is 54.6 Å². The number of rotatable bonds is 13. The lowest BCUT2D eigenvalue weighted by Gasteiger charge is -2.25. The number of allylic oxidation sites excluding steroid dienone is 5. The molecule has 1 aliphatic rings. The Morgan fingerprint density at radius 1 is 0.647 bits per heavy atom. The standard InChI is InChI=1S/C40H43N3O6S2/c1-5-42(6-2)36-22-23-39(29(4)24-36)40(32-14-18-34(19-15-32)41-27-30-10-8-12-37(25-30)50(44,45)46)33-16-20-35(21-17-33)43(7-3)28-31-11-9-13-38(26-31)51(47,48)49/h8-26H,5-7,27-28H2,1-4H3,(H,44,45,46)(H,47,48,49). The third-order valence-electron chi connectivity index (χ3n) is 8.88. The minimum Gasteiger partial charge on any atom is -0.372 e. The van der Waals surface area contributed by atoms with Crippen LogP contribution in [0.25, 0.3) is 5.57 Å². The van der Waals surface area contributed by atoms with E-state index in [1.807, 2.05) is 37.3 Å². The first-order valence-corrected chi connectivity index (χ1v) is 19.7. The van der Waals surface area contributed by atoms with Crippen LogP contribution in [0.15, 0.2) is 136 Å². The molecule has 11 heteroatoms. The van der Waals surface area contributed by atoms with Crippen molar-refractivity contribution in [3.05, 3.63) is 149 Å². The molecule has 4 aromatic rings. The molecule has 51 heavy (non-hydrogen) atoms. The van der Waals surface area contributed by atoms with E-state index in [1.54, 1.807) is 18.2 Å². The molecule has 0 heterocycles. The highest BCUT2D eigenvalue weighted by molar-refractivity contribution is 7.86. The highest BCUT2D eigenvalue weighted by atomic mass is 32.2. The van der Waals surface area contributed by atoms with Gasteiger partial charge in [0.05, 0.1) is 22.0 Å². The summed E-state index contributed by atoms with van der Waals surface area (Å²) in [5.74, 6) is 0. The maximum atomic E-state index is 11.7. The summed E-state index contributed by atoms with van der Waals surface area (Å²) >= 11 is 0. The van der Waals surface area contributed by atoms with Crippen molar-refractivity contribution in [1.29, 1.82) is 0 Å². The van der Waals surface area contributed by atoms with Gasteiger partial charge < -0.3 is 9.80 Å². The predicted molar refractivity (Wildman–Crippen MR) is 206 cm³/mol. The van der Waals surface area contributed by atoms with Gasteiger partial charge in [0, 0.05) is 37.6 Å². The maximum Gasteiger partial charge on any atom is 0.294 e. The topological polar surface area (TPSA) is 128 Å². The van der Waals surface area contributed by atoms with E-state index in [9.17, 15) is 25.9 Å². The summed E-state index contributed by atoms with van der Waals surface area (Å²) in [6.07, 6.45) is 7.95. The zero-order valence-electron chi connectivity index (χ0n) is 29.2. The minimum absolute atomic E-state index is 0.127. The van der Waals surface area contributed by atoms with Crippen molar-refractivity contribution in [3.8, 4) is 0 Å². The van der Waals surface area contributed by atoms with Crippen LogP contribution >= 0.6 is 0 Å². The fourth-order valence-corrected chi connectivity index (χ4v) is 7.26. The van der Waals surface area contributed by atoms with Crippen LogP contribution in [0.1, 0.15) is 48.6 Å². The maximum absolute atomic E-state index is 11.7. The normalized spacial score (nSPS) is 13.0. The molecule has 9 nitrogen and oxygen atoms in total. The Hall–Kier alpha value is -4.81. The summed E-state index contributed by atoms with van der Waals surface area (Å²) in [7, 11) is -8.60. The van der Waals surface area contributed by atoms with E-state index >= 15 is 0 Å². The van der Waals surface area contributed by atoms with Gasteiger partial charge in [-0.15, -0.1) is 0 Å². The Balaban J connectivity index is 1.49. The predicted octanol–water partition coefficient (Wildman–Crippen LogP) is 7.93. The first-order valence-electron chi connectivity index (χ1n) is 16.8. The van der Waals surface area contributed by atoms with Crippen molar-refractivity contribution < 1.29 is 25.9 Å². The van der Waals surface area contributed by atoms with Gasteiger partial charge in [-0.25, -0.2) is 0 Å². The third kappa shape index (κ3) is 9.30. The molecule has 0 amide bonds. The van der Waals surface area contributed by atoms with Crippen molar-refractivity contribution in [3.63, 3.8) is 0 Å². The van der Waals surface area contributed by atoms with E-state index in [0.29, 0.717) is 18.7 Å². The Morgan fingerprint density at radius 2 is 1.20 bits per heavy atom. The SMILES string of the molecule is CCN(CC)c1ccc(C(=C2C=CC(=NCc3cccc(S(=O)(=O)O)c3)C=C2)c2ccc(N(CC)Cc3cccc(S(=O)(=O)O)c3)cc2)c(C)c1. The molecule has 0 radical (unpaired) electrons. The van der Waals surface area contributed by atoms with Crippen LogP contribution < -0.4 is 9.80 Å². The van der Waals surface area contributed by atoms with Crippen LogP contribution in [0.5, 0.6) is 0 Å². The zero-order chi connectivity index (χ0) is 36.8.